The van der Waals surface area contributed by atoms with Crippen molar-refractivity contribution in [3.05, 3.63) is 36.5 Å². The number of nitrogens with one attached hydrogen (secondary N) is 1. The van der Waals surface area contributed by atoms with E-state index in [1.54, 1.807) is 30.5 Å². The highest BCUT2D eigenvalue weighted by Crippen LogP contribution is 2.33. The van der Waals surface area contributed by atoms with E-state index >= 15 is 0 Å². The van der Waals surface area contributed by atoms with Crippen molar-refractivity contribution in [1.29, 1.82) is 0 Å². The molecule has 0 saturated heterocycles. The van der Waals surface area contributed by atoms with Gasteiger partial charge in [-0.1, -0.05) is 0 Å². The monoisotopic (exact) mass is 239 g/mol. The number of H-pyrrole nitrogens is 1. The highest BCUT2D eigenvalue weighted by atomic mass is 19.3. The second-order valence-corrected chi connectivity index (χ2v) is 3.32. The Bertz CT molecular complexity index is 483. The number of aromatic amines is 1. The Balaban J connectivity index is 2.43. The smallest absolute Gasteiger partial charge is 0.387 e. The van der Waals surface area contributed by atoms with Gasteiger partial charge in [-0.25, -0.2) is 0 Å². The van der Waals surface area contributed by atoms with E-state index in [0.29, 0.717) is 17.0 Å². The molecule has 0 bridgehead atoms. The molecule has 0 aliphatic heterocycles. The number of hydrogen-bond donors (Lipinski definition) is 1. The van der Waals surface area contributed by atoms with Gasteiger partial charge in [0.25, 0.3) is 0 Å². The summed E-state index contributed by atoms with van der Waals surface area (Å²) in [6, 6.07) is 8.35. The Morgan fingerprint density at radius 2 is 2.06 bits per heavy atom. The third kappa shape index (κ3) is 2.55. The molecule has 17 heavy (non-hydrogen) atoms. The van der Waals surface area contributed by atoms with Gasteiger partial charge in [-0.3, -0.25) is 0 Å². The van der Waals surface area contributed by atoms with Gasteiger partial charge < -0.3 is 14.5 Å². The van der Waals surface area contributed by atoms with Crippen LogP contribution in [0.3, 0.4) is 0 Å². The molecule has 0 amide bonds. The summed E-state index contributed by atoms with van der Waals surface area (Å²) >= 11 is 0. The normalized spacial score (nSPS) is 10.6. The summed E-state index contributed by atoms with van der Waals surface area (Å²) in [5, 5.41) is 0. The fourth-order valence-corrected chi connectivity index (χ4v) is 1.54. The fraction of sp³-hybridized carbons (Fsp3) is 0.167. The topological polar surface area (TPSA) is 34.2 Å². The van der Waals surface area contributed by atoms with Crippen LogP contribution in [0.15, 0.2) is 36.5 Å². The molecule has 0 spiro atoms. The van der Waals surface area contributed by atoms with E-state index in [0.717, 1.165) is 0 Å². The maximum atomic E-state index is 12.3. The third-order valence-electron chi connectivity index (χ3n) is 2.29. The number of hydrogen-bond acceptors (Lipinski definition) is 2. The van der Waals surface area contributed by atoms with E-state index in [1.165, 1.54) is 13.2 Å². The van der Waals surface area contributed by atoms with Crippen LogP contribution in [0.5, 0.6) is 11.5 Å². The zero-order valence-electron chi connectivity index (χ0n) is 9.11. The molecule has 0 atom stereocenters. The molecule has 3 nitrogen and oxygen atoms in total. The molecule has 1 aromatic carbocycles. The lowest BCUT2D eigenvalue weighted by atomic mass is 10.1. The van der Waals surface area contributed by atoms with Crippen molar-refractivity contribution in [3.63, 3.8) is 0 Å². The van der Waals surface area contributed by atoms with Crippen LogP contribution in [0.1, 0.15) is 0 Å². The van der Waals surface area contributed by atoms with Crippen LogP contribution >= 0.6 is 0 Å². The quantitative estimate of drug-likeness (QED) is 0.888. The standard InChI is InChI=1S/C12H11F2NO2/c1-16-8-4-5-9(10-3-2-6-15-10)11(7-8)17-12(13)14/h2-7,12,15H,1H3. The van der Waals surface area contributed by atoms with Crippen molar-refractivity contribution in [2.45, 2.75) is 6.61 Å². The number of halogens is 2. The van der Waals surface area contributed by atoms with Crippen LogP contribution in [0.2, 0.25) is 0 Å². The zero-order valence-corrected chi connectivity index (χ0v) is 9.11. The molecular weight excluding hydrogens is 228 g/mol. The molecule has 0 unspecified atom stereocenters. The first-order chi connectivity index (χ1) is 8.20. The molecule has 90 valence electrons. The molecule has 2 aromatic rings. The summed E-state index contributed by atoms with van der Waals surface area (Å²) in [5.74, 6) is 0.553. The van der Waals surface area contributed by atoms with Crippen LogP contribution in [0.4, 0.5) is 8.78 Å². The second kappa shape index (κ2) is 4.86. The predicted octanol–water partition coefficient (Wildman–Crippen LogP) is 3.29. The number of aromatic nitrogens is 1. The van der Waals surface area contributed by atoms with Gasteiger partial charge in [0.05, 0.1) is 7.11 Å². The molecular formula is C12H11F2NO2. The first-order valence-corrected chi connectivity index (χ1v) is 4.97. The third-order valence-corrected chi connectivity index (χ3v) is 2.29. The van der Waals surface area contributed by atoms with Gasteiger partial charge >= 0.3 is 6.61 Å². The number of ether oxygens (including phenoxy) is 2. The highest BCUT2D eigenvalue weighted by molar-refractivity contribution is 5.68. The highest BCUT2D eigenvalue weighted by Gasteiger charge is 2.12. The largest absolute Gasteiger partial charge is 0.497 e. The van der Waals surface area contributed by atoms with E-state index in [4.69, 9.17) is 4.74 Å². The van der Waals surface area contributed by atoms with Gasteiger partial charge in [-0.05, 0) is 24.3 Å². The van der Waals surface area contributed by atoms with E-state index in [1.807, 2.05) is 0 Å². The molecule has 1 N–H and O–H groups in total. The molecule has 1 aromatic heterocycles. The van der Waals surface area contributed by atoms with Crippen LogP contribution in [0.25, 0.3) is 11.3 Å². The van der Waals surface area contributed by atoms with E-state index in [9.17, 15) is 8.78 Å². The number of methoxy groups -OCH3 is 1. The average Bonchev–Trinajstić information content (AvgIpc) is 2.81. The van der Waals surface area contributed by atoms with Gasteiger partial charge in [0, 0.05) is 23.5 Å². The molecule has 1 heterocycles. The predicted molar refractivity (Wildman–Crippen MR) is 59.4 cm³/mol. The summed E-state index contributed by atoms with van der Waals surface area (Å²) in [5.41, 5.74) is 1.28. The first kappa shape index (κ1) is 11.4. The fourth-order valence-electron chi connectivity index (χ4n) is 1.54. The molecule has 0 fully saturated rings. The Kier molecular flexibility index (Phi) is 3.27. The Morgan fingerprint density at radius 1 is 1.24 bits per heavy atom. The van der Waals surface area contributed by atoms with Crippen molar-refractivity contribution in [2.75, 3.05) is 7.11 Å². The van der Waals surface area contributed by atoms with E-state index in [2.05, 4.69) is 9.72 Å². The zero-order chi connectivity index (χ0) is 12.3. The summed E-state index contributed by atoms with van der Waals surface area (Å²) in [6.45, 7) is -2.86. The van der Waals surface area contributed by atoms with Crippen molar-refractivity contribution in [2.24, 2.45) is 0 Å². The van der Waals surface area contributed by atoms with Crippen LogP contribution < -0.4 is 9.47 Å². The summed E-state index contributed by atoms with van der Waals surface area (Å²) in [4.78, 5) is 2.94. The SMILES string of the molecule is COc1ccc(-c2ccc[nH]2)c(OC(F)F)c1. The lowest BCUT2D eigenvalue weighted by molar-refractivity contribution is -0.0495. The number of benzene rings is 1. The maximum Gasteiger partial charge on any atom is 0.387 e. The lowest BCUT2D eigenvalue weighted by Crippen LogP contribution is -2.03. The number of rotatable bonds is 4. The lowest BCUT2D eigenvalue weighted by Gasteiger charge is -2.11. The van der Waals surface area contributed by atoms with Crippen molar-refractivity contribution in [1.82, 2.24) is 4.98 Å². The van der Waals surface area contributed by atoms with Crippen LogP contribution in [-0.4, -0.2) is 18.7 Å². The van der Waals surface area contributed by atoms with Crippen LogP contribution in [-0.2, 0) is 0 Å². The Morgan fingerprint density at radius 3 is 2.65 bits per heavy atom. The summed E-state index contributed by atoms with van der Waals surface area (Å²) < 4.78 is 34.1. The minimum atomic E-state index is -2.86. The molecule has 0 saturated carbocycles. The number of alkyl halides is 2. The summed E-state index contributed by atoms with van der Waals surface area (Å²) in [7, 11) is 1.47. The van der Waals surface area contributed by atoms with E-state index < -0.39 is 6.61 Å². The minimum Gasteiger partial charge on any atom is -0.497 e. The molecule has 2 rings (SSSR count). The maximum absolute atomic E-state index is 12.3. The second-order valence-electron chi connectivity index (χ2n) is 3.32. The van der Waals surface area contributed by atoms with Crippen molar-refractivity contribution < 1.29 is 18.3 Å². The van der Waals surface area contributed by atoms with Crippen molar-refractivity contribution in [3.8, 4) is 22.8 Å². The van der Waals surface area contributed by atoms with Gasteiger partial charge in [0.15, 0.2) is 0 Å². The average molecular weight is 239 g/mol. The van der Waals surface area contributed by atoms with E-state index in [-0.39, 0.29) is 5.75 Å². The van der Waals surface area contributed by atoms with Gasteiger partial charge in [0.1, 0.15) is 11.5 Å². The molecule has 0 aliphatic rings. The van der Waals surface area contributed by atoms with Gasteiger partial charge in [0.2, 0.25) is 0 Å². The Labute approximate surface area is 97.0 Å². The van der Waals surface area contributed by atoms with Gasteiger partial charge in [-0.2, -0.15) is 8.78 Å². The molecule has 0 radical (unpaired) electrons. The minimum absolute atomic E-state index is 0.0850. The Hall–Kier alpha value is -2.04. The van der Waals surface area contributed by atoms with Gasteiger partial charge in [-0.15, -0.1) is 0 Å². The van der Waals surface area contributed by atoms with Crippen LogP contribution in [0, 0.1) is 0 Å². The molecule has 0 aliphatic carbocycles. The van der Waals surface area contributed by atoms with Crippen molar-refractivity contribution >= 4 is 0 Å². The first-order valence-electron chi connectivity index (χ1n) is 4.97. The summed E-state index contributed by atoms with van der Waals surface area (Å²) in [6.07, 6.45) is 1.71. The molecule has 5 heteroatoms.